The molecule has 1 aliphatic carbocycles. The quantitative estimate of drug-likeness (QED) is 0.456. The van der Waals surface area contributed by atoms with E-state index >= 15 is 0 Å². The summed E-state index contributed by atoms with van der Waals surface area (Å²) in [6, 6.07) is 2.61. The molecule has 5 rings (SSSR count). The number of halogens is 4. The predicted molar refractivity (Wildman–Crippen MR) is 132 cm³/mol. The third kappa shape index (κ3) is 4.73. The Bertz CT molecular complexity index is 1360. The number of hydrogen-bond acceptors (Lipinski definition) is 7. The van der Waals surface area contributed by atoms with Crippen molar-refractivity contribution < 1.29 is 23.1 Å². The number of piperidine rings is 1. The normalized spacial score (nSPS) is 22.8. The zero-order valence-corrected chi connectivity index (χ0v) is 21.0. The lowest BCUT2D eigenvalue weighted by Crippen LogP contribution is -2.68. The summed E-state index contributed by atoms with van der Waals surface area (Å²) >= 11 is 6.36. The fourth-order valence-electron chi connectivity index (χ4n) is 5.07. The molecule has 1 aliphatic heterocycles. The lowest BCUT2D eigenvalue weighted by Gasteiger charge is -2.47. The van der Waals surface area contributed by atoms with Crippen molar-refractivity contribution in [3.05, 3.63) is 35.5 Å². The maximum Gasteiger partial charge on any atom is 0.252 e. The molecule has 4 N–H and O–H groups in total. The highest BCUT2D eigenvalue weighted by molar-refractivity contribution is 6.33. The number of β-amino-alcohol motifs (C(OH)–C–C–N with tert-alkyl or cyclic N) is 1. The minimum atomic E-state index is -2.94. The highest BCUT2D eigenvalue weighted by Gasteiger charge is 2.60. The predicted octanol–water partition coefficient (Wildman–Crippen LogP) is 3.37. The van der Waals surface area contributed by atoms with E-state index in [1.807, 2.05) is 18.4 Å². The van der Waals surface area contributed by atoms with Gasteiger partial charge in [-0.15, -0.1) is 0 Å². The first-order valence-electron chi connectivity index (χ1n) is 12.0. The van der Waals surface area contributed by atoms with Crippen LogP contribution in [-0.2, 0) is 4.79 Å². The molecule has 1 saturated heterocycles. The molecule has 2 fully saturated rings. The summed E-state index contributed by atoms with van der Waals surface area (Å²) in [5.74, 6) is -3.87. The molecule has 0 unspecified atom stereocenters. The Labute approximate surface area is 215 Å². The molecule has 3 heterocycles. The second kappa shape index (κ2) is 9.10. The lowest BCUT2D eigenvalue weighted by molar-refractivity contribution is -0.168. The van der Waals surface area contributed by atoms with E-state index in [9.17, 15) is 23.1 Å². The largest absolute Gasteiger partial charge is 0.389 e. The van der Waals surface area contributed by atoms with Crippen molar-refractivity contribution in [2.45, 2.75) is 62.8 Å². The van der Waals surface area contributed by atoms with Gasteiger partial charge in [0.25, 0.3) is 5.92 Å². The molecular formula is C24H27ClF3N7O2. The second-order valence-electron chi connectivity index (χ2n) is 10.2. The van der Waals surface area contributed by atoms with Gasteiger partial charge in [-0.05, 0) is 32.4 Å². The smallest absolute Gasteiger partial charge is 0.252 e. The van der Waals surface area contributed by atoms with E-state index < -0.39 is 48.2 Å². The molecule has 0 bridgehead atoms. The Morgan fingerprint density at radius 1 is 1.30 bits per heavy atom. The van der Waals surface area contributed by atoms with Gasteiger partial charge in [0.05, 0.1) is 40.9 Å². The van der Waals surface area contributed by atoms with Crippen LogP contribution in [0, 0.1) is 5.82 Å². The summed E-state index contributed by atoms with van der Waals surface area (Å²) in [7, 11) is 0. The molecule has 2 atom stereocenters. The molecule has 13 heteroatoms. The molecule has 2 aliphatic rings. The van der Waals surface area contributed by atoms with Crippen LogP contribution in [0.15, 0.2) is 24.7 Å². The third-order valence-corrected chi connectivity index (χ3v) is 7.24. The number of carbonyl (C=O) groups excluding carboxylic acids is 1. The van der Waals surface area contributed by atoms with Crippen LogP contribution < -0.4 is 11.1 Å². The van der Waals surface area contributed by atoms with Crippen LogP contribution in [0.2, 0.25) is 5.02 Å². The number of alkyl halides is 2. The van der Waals surface area contributed by atoms with Gasteiger partial charge < -0.3 is 25.6 Å². The number of nitrogens with two attached hydrogens (primary N) is 1. The molecule has 1 amide bonds. The number of carbonyl (C=O) groups is 1. The SMILES string of the molecule is CC(C)n1cnc2c(F)cc(-c3nc(N[C@@H]4CCN(C(=O)C5(N)CC(F)(F)C5)C[C@H]4O)ncc3Cl)cc21. The van der Waals surface area contributed by atoms with E-state index in [4.69, 9.17) is 17.3 Å². The zero-order valence-electron chi connectivity index (χ0n) is 20.3. The number of nitrogens with zero attached hydrogens (tertiary/aromatic N) is 5. The van der Waals surface area contributed by atoms with E-state index in [1.54, 1.807) is 12.4 Å². The number of likely N-dealkylation sites (tertiary alicyclic amines) is 1. The van der Waals surface area contributed by atoms with Gasteiger partial charge in [-0.1, -0.05) is 11.6 Å². The van der Waals surface area contributed by atoms with E-state index in [0.717, 1.165) is 0 Å². The van der Waals surface area contributed by atoms with Gasteiger partial charge in [0.1, 0.15) is 11.1 Å². The summed E-state index contributed by atoms with van der Waals surface area (Å²) in [5, 5.41) is 13.9. The summed E-state index contributed by atoms with van der Waals surface area (Å²) in [6.07, 6.45) is 0.873. The van der Waals surface area contributed by atoms with Crippen LogP contribution in [0.1, 0.15) is 39.2 Å². The lowest BCUT2D eigenvalue weighted by atomic mass is 9.73. The number of aromatic nitrogens is 4. The minimum absolute atomic E-state index is 0.0620. The first kappa shape index (κ1) is 25.7. The summed E-state index contributed by atoms with van der Waals surface area (Å²) in [5.41, 5.74) is 5.86. The van der Waals surface area contributed by atoms with Gasteiger partial charge in [-0.3, -0.25) is 4.79 Å². The summed E-state index contributed by atoms with van der Waals surface area (Å²) < 4.78 is 43.3. The number of aliphatic hydroxyl groups excluding tert-OH is 1. The molecule has 1 aromatic carbocycles. The van der Waals surface area contributed by atoms with Gasteiger partial charge >= 0.3 is 0 Å². The van der Waals surface area contributed by atoms with Crippen molar-refractivity contribution >= 4 is 34.5 Å². The highest BCUT2D eigenvalue weighted by Crippen LogP contribution is 2.45. The number of hydrogen-bond donors (Lipinski definition) is 3. The number of rotatable bonds is 5. The fraction of sp³-hybridized carbons (Fsp3) is 0.500. The molecule has 37 heavy (non-hydrogen) atoms. The van der Waals surface area contributed by atoms with Gasteiger partial charge in [0, 0.05) is 37.5 Å². The number of fused-ring (bicyclic) bond motifs is 1. The maximum absolute atomic E-state index is 14.8. The van der Waals surface area contributed by atoms with Crippen molar-refractivity contribution in [3.63, 3.8) is 0 Å². The number of aliphatic hydroxyl groups is 1. The third-order valence-electron chi connectivity index (χ3n) is 6.96. The molecule has 0 radical (unpaired) electrons. The van der Waals surface area contributed by atoms with Crippen molar-refractivity contribution in [1.29, 1.82) is 0 Å². The van der Waals surface area contributed by atoms with Gasteiger partial charge in [-0.2, -0.15) is 0 Å². The Morgan fingerprint density at radius 3 is 2.68 bits per heavy atom. The average molecular weight is 538 g/mol. The van der Waals surface area contributed by atoms with Gasteiger partial charge in [0.2, 0.25) is 11.9 Å². The van der Waals surface area contributed by atoms with Gasteiger partial charge in [0.15, 0.2) is 5.82 Å². The topological polar surface area (TPSA) is 122 Å². The monoisotopic (exact) mass is 537 g/mol. The number of anilines is 1. The average Bonchev–Trinajstić information content (AvgIpc) is 3.24. The number of benzene rings is 1. The number of nitrogens with one attached hydrogen (secondary N) is 1. The van der Waals surface area contributed by atoms with Crippen LogP contribution in [-0.4, -0.2) is 72.1 Å². The fourth-order valence-corrected chi connectivity index (χ4v) is 5.27. The summed E-state index contributed by atoms with van der Waals surface area (Å²) in [4.78, 5) is 26.8. The van der Waals surface area contributed by atoms with Crippen molar-refractivity contribution in [3.8, 4) is 11.3 Å². The van der Waals surface area contributed by atoms with Crippen LogP contribution >= 0.6 is 11.6 Å². The Balaban J connectivity index is 1.33. The first-order chi connectivity index (χ1) is 17.4. The van der Waals surface area contributed by atoms with Gasteiger partial charge in [-0.25, -0.2) is 28.1 Å². The molecule has 198 valence electrons. The van der Waals surface area contributed by atoms with E-state index in [0.29, 0.717) is 23.2 Å². The van der Waals surface area contributed by atoms with E-state index in [1.165, 1.54) is 17.2 Å². The molecule has 2 aromatic heterocycles. The van der Waals surface area contributed by atoms with Crippen LogP contribution in [0.3, 0.4) is 0 Å². The van der Waals surface area contributed by atoms with Crippen LogP contribution in [0.25, 0.3) is 22.3 Å². The van der Waals surface area contributed by atoms with E-state index in [2.05, 4.69) is 20.3 Å². The highest BCUT2D eigenvalue weighted by atomic mass is 35.5. The molecule has 9 nitrogen and oxygen atoms in total. The number of imidazole rings is 1. The van der Waals surface area contributed by atoms with Crippen molar-refractivity contribution in [2.75, 3.05) is 18.4 Å². The molecule has 1 saturated carbocycles. The molecular weight excluding hydrogens is 511 g/mol. The first-order valence-corrected chi connectivity index (χ1v) is 12.3. The Hall–Kier alpha value is -2.96. The van der Waals surface area contributed by atoms with Crippen molar-refractivity contribution in [2.24, 2.45) is 5.73 Å². The Kier molecular flexibility index (Phi) is 6.32. The number of amides is 1. The zero-order chi connectivity index (χ0) is 26.7. The summed E-state index contributed by atoms with van der Waals surface area (Å²) in [6.45, 7) is 4.08. The minimum Gasteiger partial charge on any atom is -0.389 e. The van der Waals surface area contributed by atoms with E-state index in [-0.39, 0.29) is 35.6 Å². The van der Waals surface area contributed by atoms with Crippen LogP contribution in [0.4, 0.5) is 19.1 Å². The van der Waals surface area contributed by atoms with Crippen molar-refractivity contribution in [1.82, 2.24) is 24.4 Å². The molecule has 0 spiro atoms. The van der Waals surface area contributed by atoms with Crippen LogP contribution in [0.5, 0.6) is 0 Å². The Morgan fingerprint density at radius 2 is 2.03 bits per heavy atom. The second-order valence-corrected chi connectivity index (χ2v) is 10.6. The standard InChI is InChI=1S/C24H27ClF3N7O2/c1-12(2)35-11-31-20-15(26)5-13(6-17(20)35)19-14(25)7-30-22(33-19)32-16-3-4-34(8-18(16)36)21(37)23(29)9-24(27,28)10-23/h5-7,11-12,16,18,36H,3-4,8-10,29H2,1-2H3,(H,30,32,33)/t16-,18-/m1/s1. The molecule has 3 aromatic rings. The maximum atomic E-state index is 14.8.